The molecular weight excluding hydrogens is 506 g/mol. The smallest absolute Gasteiger partial charge is 0.337 e. The lowest BCUT2D eigenvalue weighted by Gasteiger charge is -2.21. The number of hydrogen-bond donors (Lipinski definition) is 0. The fraction of sp³-hybridized carbons (Fsp3) is 0.0345. The van der Waals surface area contributed by atoms with Crippen LogP contribution >= 0.6 is 15.9 Å². The van der Waals surface area contributed by atoms with Crippen LogP contribution in [-0.2, 0) is 9.53 Å². The highest BCUT2D eigenvalue weighted by molar-refractivity contribution is 9.10. The molecule has 0 bridgehead atoms. The summed E-state index contributed by atoms with van der Waals surface area (Å²) in [5.41, 5.74) is 3.95. The molecule has 0 aliphatic carbocycles. The third-order valence-electron chi connectivity index (χ3n) is 5.63. The molecule has 0 fully saturated rings. The predicted molar refractivity (Wildman–Crippen MR) is 140 cm³/mol. The van der Waals surface area contributed by atoms with Crippen molar-refractivity contribution < 1.29 is 18.7 Å². The lowest BCUT2D eigenvalue weighted by molar-refractivity contribution is -0.113. The Balaban J connectivity index is 1.54. The summed E-state index contributed by atoms with van der Waals surface area (Å²) in [5.74, 6) is 0.604. The van der Waals surface area contributed by atoms with Gasteiger partial charge in [0.2, 0.25) is 0 Å². The third kappa shape index (κ3) is 4.61. The second kappa shape index (κ2) is 9.60. The zero-order chi connectivity index (χ0) is 24.4. The SMILES string of the molecule is COC(=O)c1cccc(N2C(=O)/C(=C/c3ccc(-c4ccc(Br)cc4)o3)C=C2c2ccccc2)c1. The van der Waals surface area contributed by atoms with Gasteiger partial charge in [0.25, 0.3) is 5.91 Å². The highest BCUT2D eigenvalue weighted by atomic mass is 79.9. The molecule has 1 aliphatic rings. The first-order valence-corrected chi connectivity index (χ1v) is 11.7. The average molecular weight is 526 g/mol. The third-order valence-corrected chi connectivity index (χ3v) is 6.16. The Morgan fingerprint density at radius 3 is 2.43 bits per heavy atom. The summed E-state index contributed by atoms with van der Waals surface area (Å²) in [6.45, 7) is 0. The Morgan fingerprint density at radius 1 is 0.914 bits per heavy atom. The van der Waals surface area contributed by atoms with Crippen molar-refractivity contribution in [2.24, 2.45) is 0 Å². The van der Waals surface area contributed by atoms with Gasteiger partial charge < -0.3 is 9.15 Å². The van der Waals surface area contributed by atoms with E-state index in [2.05, 4.69) is 15.9 Å². The quantitative estimate of drug-likeness (QED) is 0.208. The highest BCUT2D eigenvalue weighted by Crippen LogP contribution is 2.36. The number of rotatable bonds is 5. The van der Waals surface area contributed by atoms with Gasteiger partial charge in [0.1, 0.15) is 11.5 Å². The predicted octanol–water partition coefficient (Wildman–Crippen LogP) is 6.97. The average Bonchev–Trinajstić information content (AvgIpc) is 3.49. The van der Waals surface area contributed by atoms with Gasteiger partial charge in [0.15, 0.2) is 0 Å². The van der Waals surface area contributed by atoms with Crippen LogP contribution in [-0.4, -0.2) is 19.0 Å². The van der Waals surface area contributed by atoms with Gasteiger partial charge in [-0.25, -0.2) is 4.79 Å². The molecule has 35 heavy (non-hydrogen) atoms. The number of ether oxygens (including phenoxy) is 1. The number of esters is 1. The van der Waals surface area contributed by atoms with Gasteiger partial charge in [0, 0.05) is 15.6 Å². The molecule has 1 aromatic heterocycles. The molecule has 4 aromatic rings. The second-order valence-corrected chi connectivity index (χ2v) is 8.80. The zero-order valence-corrected chi connectivity index (χ0v) is 20.4. The molecule has 0 saturated carbocycles. The van der Waals surface area contributed by atoms with Crippen LogP contribution < -0.4 is 4.90 Å². The Hall–Kier alpha value is -4.16. The van der Waals surface area contributed by atoms with E-state index in [1.165, 1.54) is 7.11 Å². The topological polar surface area (TPSA) is 59.8 Å². The minimum absolute atomic E-state index is 0.215. The van der Waals surface area contributed by atoms with Crippen LogP contribution in [0.25, 0.3) is 23.1 Å². The maximum atomic E-state index is 13.6. The summed E-state index contributed by atoms with van der Waals surface area (Å²) < 4.78 is 11.9. The van der Waals surface area contributed by atoms with Gasteiger partial charge >= 0.3 is 5.97 Å². The molecular formula is C29H20BrNO4. The molecule has 172 valence electrons. The van der Waals surface area contributed by atoms with Crippen LogP contribution in [0.1, 0.15) is 21.7 Å². The maximum Gasteiger partial charge on any atom is 0.337 e. The molecule has 0 N–H and O–H groups in total. The molecule has 5 rings (SSSR count). The largest absolute Gasteiger partial charge is 0.465 e. The molecule has 0 unspecified atom stereocenters. The van der Waals surface area contributed by atoms with Crippen molar-refractivity contribution in [3.63, 3.8) is 0 Å². The maximum absolute atomic E-state index is 13.6. The number of furan rings is 1. The van der Waals surface area contributed by atoms with Crippen molar-refractivity contribution in [3.8, 4) is 11.3 Å². The number of methoxy groups -OCH3 is 1. The fourth-order valence-corrected chi connectivity index (χ4v) is 4.20. The fourth-order valence-electron chi connectivity index (χ4n) is 3.94. The van der Waals surface area contributed by atoms with Gasteiger partial charge in [-0.2, -0.15) is 0 Å². The Labute approximate surface area is 211 Å². The molecule has 0 spiro atoms. The molecule has 1 aliphatic heterocycles. The van der Waals surface area contributed by atoms with Crippen LogP contribution in [0.3, 0.4) is 0 Å². The number of hydrogen-bond acceptors (Lipinski definition) is 4. The van der Waals surface area contributed by atoms with E-state index in [0.717, 1.165) is 15.6 Å². The van der Waals surface area contributed by atoms with Crippen LogP contribution in [0, 0.1) is 0 Å². The molecule has 0 atom stereocenters. The number of halogens is 1. The lowest BCUT2D eigenvalue weighted by Crippen LogP contribution is -2.25. The summed E-state index contributed by atoms with van der Waals surface area (Å²) in [5, 5.41) is 0. The van der Waals surface area contributed by atoms with Crippen LogP contribution in [0.15, 0.2) is 112 Å². The highest BCUT2D eigenvalue weighted by Gasteiger charge is 2.31. The first kappa shape index (κ1) is 22.6. The van der Waals surface area contributed by atoms with E-state index < -0.39 is 5.97 Å². The molecule has 0 radical (unpaired) electrons. The summed E-state index contributed by atoms with van der Waals surface area (Å²) >= 11 is 3.44. The van der Waals surface area contributed by atoms with Crippen molar-refractivity contribution in [2.45, 2.75) is 0 Å². The van der Waals surface area contributed by atoms with E-state index in [1.54, 1.807) is 35.2 Å². The van der Waals surface area contributed by atoms with Crippen molar-refractivity contribution in [1.82, 2.24) is 0 Å². The number of carbonyl (C=O) groups is 2. The van der Waals surface area contributed by atoms with E-state index in [4.69, 9.17) is 9.15 Å². The first-order chi connectivity index (χ1) is 17.0. The lowest BCUT2D eigenvalue weighted by atomic mass is 10.1. The van der Waals surface area contributed by atoms with Crippen molar-refractivity contribution >= 4 is 45.3 Å². The summed E-state index contributed by atoms with van der Waals surface area (Å²) in [6.07, 6.45) is 3.57. The van der Waals surface area contributed by atoms with Crippen molar-refractivity contribution in [2.75, 3.05) is 12.0 Å². The van der Waals surface area contributed by atoms with Crippen molar-refractivity contribution in [1.29, 1.82) is 0 Å². The Bertz CT molecular complexity index is 1470. The number of anilines is 1. The van der Waals surface area contributed by atoms with Gasteiger partial charge in [-0.3, -0.25) is 9.69 Å². The minimum atomic E-state index is -0.462. The van der Waals surface area contributed by atoms with Crippen LogP contribution in [0.5, 0.6) is 0 Å². The molecule has 6 heteroatoms. The Morgan fingerprint density at radius 2 is 1.69 bits per heavy atom. The number of nitrogens with zero attached hydrogens (tertiary/aromatic N) is 1. The van der Waals surface area contributed by atoms with Crippen LogP contribution in [0.2, 0.25) is 0 Å². The van der Waals surface area contributed by atoms with E-state index in [-0.39, 0.29) is 5.91 Å². The van der Waals surface area contributed by atoms with Gasteiger partial charge in [-0.1, -0.05) is 64.5 Å². The normalized spacial score (nSPS) is 14.3. The number of amides is 1. The van der Waals surface area contributed by atoms with E-state index >= 15 is 0 Å². The molecule has 2 heterocycles. The van der Waals surface area contributed by atoms with E-state index in [1.807, 2.05) is 72.8 Å². The monoisotopic (exact) mass is 525 g/mol. The van der Waals surface area contributed by atoms with Gasteiger partial charge in [0.05, 0.1) is 24.1 Å². The molecule has 0 saturated heterocycles. The van der Waals surface area contributed by atoms with Gasteiger partial charge in [-0.05, 0) is 60.2 Å². The number of carbonyl (C=O) groups excluding carboxylic acids is 2. The van der Waals surface area contributed by atoms with E-state index in [9.17, 15) is 9.59 Å². The first-order valence-electron chi connectivity index (χ1n) is 10.9. The van der Waals surface area contributed by atoms with Crippen LogP contribution in [0.4, 0.5) is 5.69 Å². The summed E-state index contributed by atoms with van der Waals surface area (Å²) in [6, 6.07) is 28.0. The summed E-state index contributed by atoms with van der Waals surface area (Å²) in [7, 11) is 1.33. The summed E-state index contributed by atoms with van der Waals surface area (Å²) in [4.78, 5) is 27.3. The molecule has 1 amide bonds. The molecule has 5 nitrogen and oxygen atoms in total. The standard InChI is InChI=1S/C29H20BrNO4/c1-34-29(33)21-8-5-9-24(16-21)31-26(19-6-3-2-4-7-19)18-22(28(31)32)17-25-14-15-27(35-25)20-10-12-23(30)13-11-20/h2-18H,1H3/b22-17+. The van der Waals surface area contributed by atoms with Gasteiger partial charge in [-0.15, -0.1) is 0 Å². The number of benzene rings is 3. The zero-order valence-electron chi connectivity index (χ0n) is 18.8. The van der Waals surface area contributed by atoms with Crippen molar-refractivity contribution in [3.05, 3.63) is 124 Å². The minimum Gasteiger partial charge on any atom is -0.465 e. The second-order valence-electron chi connectivity index (χ2n) is 7.89. The Kier molecular flexibility index (Phi) is 6.21. The molecule has 3 aromatic carbocycles. The van der Waals surface area contributed by atoms with E-state index in [0.29, 0.717) is 34.0 Å².